The molecule has 1 amide bonds. The molecule has 3 fully saturated rings. The van der Waals surface area contributed by atoms with E-state index in [-0.39, 0.29) is 5.54 Å². The second kappa shape index (κ2) is 5.67. The van der Waals surface area contributed by atoms with Gasteiger partial charge in [0, 0.05) is 31.6 Å². The van der Waals surface area contributed by atoms with Crippen LogP contribution in [0.4, 0.5) is 0 Å². The van der Waals surface area contributed by atoms with E-state index in [1.54, 1.807) is 0 Å². The molecule has 2 saturated heterocycles. The Bertz CT molecular complexity index is 360. The van der Waals surface area contributed by atoms with Crippen LogP contribution in [-0.4, -0.2) is 36.0 Å². The standard InChI is InChI=1S/C17H30N2O/c1-17(2)15-11-18-10-14(15)12-19(17)16(20)9-8-13-6-4-3-5-7-13/h13-15,18H,3-12H2,1-2H3. The fourth-order valence-corrected chi connectivity index (χ4v) is 4.78. The van der Waals surface area contributed by atoms with Crippen LogP contribution in [0.1, 0.15) is 58.8 Å². The third-order valence-electron chi connectivity index (χ3n) is 6.15. The lowest BCUT2D eigenvalue weighted by Crippen LogP contribution is -2.47. The van der Waals surface area contributed by atoms with Gasteiger partial charge in [-0.2, -0.15) is 0 Å². The quantitative estimate of drug-likeness (QED) is 0.861. The molecule has 0 bridgehead atoms. The highest BCUT2D eigenvalue weighted by Crippen LogP contribution is 2.41. The Morgan fingerprint density at radius 2 is 1.95 bits per heavy atom. The van der Waals surface area contributed by atoms with Gasteiger partial charge in [-0.25, -0.2) is 0 Å². The number of rotatable bonds is 3. The number of fused-ring (bicyclic) bond motifs is 1. The Morgan fingerprint density at radius 3 is 2.65 bits per heavy atom. The van der Waals surface area contributed by atoms with Crippen LogP contribution >= 0.6 is 0 Å². The van der Waals surface area contributed by atoms with Gasteiger partial charge < -0.3 is 10.2 Å². The Kier molecular flexibility index (Phi) is 4.07. The van der Waals surface area contributed by atoms with Crippen LogP contribution in [0.5, 0.6) is 0 Å². The summed E-state index contributed by atoms with van der Waals surface area (Å²) >= 11 is 0. The number of nitrogens with one attached hydrogen (secondary N) is 1. The van der Waals surface area contributed by atoms with Gasteiger partial charge in [0.05, 0.1) is 0 Å². The second-order valence-corrected chi connectivity index (χ2v) is 7.73. The summed E-state index contributed by atoms with van der Waals surface area (Å²) in [5.74, 6) is 2.57. The second-order valence-electron chi connectivity index (χ2n) is 7.73. The highest BCUT2D eigenvalue weighted by molar-refractivity contribution is 5.77. The SMILES string of the molecule is CC1(C)C2CNCC2CN1C(=O)CCC1CCCCC1. The highest BCUT2D eigenvalue weighted by Gasteiger charge is 2.50. The summed E-state index contributed by atoms with van der Waals surface area (Å²) in [5.41, 5.74) is 0.0534. The third-order valence-corrected chi connectivity index (χ3v) is 6.15. The van der Waals surface area contributed by atoms with Crippen molar-refractivity contribution in [1.82, 2.24) is 10.2 Å². The maximum Gasteiger partial charge on any atom is 0.223 e. The molecule has 3 rings (SSSR count). The molecule has 3 aliphatic rings. The average molecular weight is 278 g/mol. The zero-order valence-electron chi connectivity index (χ0n) is 13.2. The molecule has 3 nitrogen and oxygen atoms in total. The number of amides is 1. The lowest BCUT2D eigenvalue weighted by molar-refractivity contribution is -0.135. The highest BCUT2D eigenvalue weighted by atomic mass is 16.2. The van der Waals surface area contributed by atoms with E-state index in [1.165, 1.54) is 32.1 Å². The molecule has 0 radical (unpaired) electrons. The van der Waals surface area contributed by atoms with Gasteiger partial charge >= 0.3 is 0 Å². The minimum absolute atomic E-state index is 0.0534. The largest absolute Gasteiger partial charge is 0.337 e. The predicted octanol–water partition coefficient (Wildman–Crippen LogP) is 2.80. The molecule has 114 valence electrons. The van der Waals surface area contributed by atoms with E-state index in [4.69, 9.17) is 0 Å². The number of hydrogen-bond acceptors (Lipinski definition) is 2. The molecule has 2 heterocycles. The van der Waals surface area contributed by atoms with Crippen LogP contribution in [0.2, 0.25) is 0 Å². The molecule has 1 saturated carbocycles. The van der Waals surface area contributed by atoms with Gasteiger partial charge in [-0.3, -0.25) is 4.79 Å². The van der Waals surface area contributed by atoms with Gasteiger partial charge in [-0.15, -0.1) is 0 Å². The molecule has 2 atom stereocenters. The van der Waals surface area contributed by atoms with E-state index in [9.17, 15) is 4.79 Å². The van der Waals surface area contributed by atoms with E-state index in [2.05, 4.69) is 24.1 Å². The van der Waals surface area contributed by atoms with Crippen molar-refractivity contribution in [2.24, 2.45) is 17.8 Å². The first-order valence-electron chi connectivity index (χ1n) is 8.60. The summed E-state index contributed by atoms with van der Waals surface area (Å²) in [6, 6.07) is 0. The molecule has 2 aliphatic heterocycles. The molecular formula is C17H30N2O. The van der Waals surface area contributed by atoms with E-state index < -0.39 is 0 Å². The van der Waals surface area contributed by atoms with Crippen molar-refractivity contribution in [3.63, 3.8) is 0 Å². The Labute approximate surface area is 123 Å². The fourth-order valence-electron chi connectivity index (χ4n) is 4.78. The van der Waals surface area contributed by atoms with Gasteiger partial charge in [0.1, 0.15) is 0 Å². The summed E-state index contributed by atoms with van der Waals surface area (Å²) in [4.78, 5) is 14.8. The van der Waals surface area contributed by atoms with Crippen molar-refractivity contribution in [3.8, 4) is 0 Å². The summed E-state index contributed by atoms with van der Waals surface area (Å²) in [6.45, 7) is 7.70. The predicted molar refractivity (Wildman–Crippen MR) is 81.5 cm³/mol. The molecule has 0 spiro atoms. The monoisotopic (exact) mass is 278 g/mol. The first-order chi connectivity index (χ1) is 9.59. The fraction of sp³-hybridized carbons (Fsp3) is 0.941. The minimum atomic E-state index is 0.0534. The Hall–Kier alpha value is -0.570. The first kappa shape index (κ1) is 14.4. The van der Waals surface area contributed by atoms with Crippen LogP contribution in [0.25, 0.3) is 0 Å². The van der Waals surface area contributed by atoms with Crippen LogP contribution in [0.15, 0.2) is 0 Å². The maximum absolute atomic E-state index is 12.6. The van der Waals surface area contributed by atoms with E-state index >= 15 is 0 Å². The van der Waals surface area contributed by atoms with Gasteiger partial charge in [-0.05, 0) is 38.0 Å². The molecule has 20 heavy (non-hydrogen) atoms. The lowest BCUT2D eigenvalue weighted by Gasteiger charge is -2.36. The summed E-state index contributed by atoms with van der Waals surface area (Å²) < 4.78 is 0. The van der Waals surface area contributed by atoms with Gasteiger partial charge in [0.25, 0.3) is 0 Å². The molecule has 1 aliphatic carbocycles. The van der Waals surface area contributed by atoms with Crippen LogP contribution in [0, 0.1) is 17.8 Å². The number of carbonyl (C=O) groups excluding carboxylic acids is 1. The number of carbonyl (C=O) groups is 1. The minimum Gasteiger partial charge on any atom is -0.337 e. The normalized spacial score (nSPS) is 33.4. The van der Waals surface area contributed by atoms with E-state index in [0.717, 1.165) is 38.4 Å². The van der Waals surface area contributed by atoms with E-state index in [1.807, 2.05) is 0 Å². The summed E-state index contributed by atoms with van der Waals surface area (Å²) in [5, 5.41) is 3.49. The molecule has 3 heteroatoms. The molecule has 0 aromatic carbocycles. The van der Waals surface area contributed by atoms with Crippen molar-refractivity contribution < 1.29 is 4.79 Å². The third kappa shape index (κ3) is 2.61. The van der Waals surface area contributed by atoms with Crippen molar-refractivity contribution in [3.05, 3.63) is 0 Å². The van der Waals surface area contributed by atoms with Gasteiger partial charge in [-0.1, -0.05) is 32.1 Å². The molecular weight excluding hydrogens is 248 g/mol. The Balaban J connectivity index is 1.54. The maximum atomic E-state index is 12.6. The average Bonchev–Trinajstić information content (AvgIpc) is 3.00. The zero-order chi connectivity index (χ0) is 14.2. The van der Waals surface area contributed by atoms with Gasteiger partial charge in [0.2, 0.25) is 5.91 Å². The molecule has 2 unspecified atom stereocenters. The Morgan fingerprint density at radius 1 is 1.20 bits per heavy atom. The number of nitrogens with zero attached hydrogens (tertiary/aromatic N) is 1. The molecule has 1 N–H and O–H groups in total. The summed E-state index contributed by atoms with van der Waals surface area (Å²) in [7, 11) is 0. The van der Waals surface area contributed by atoms with Crippen molar-refractivity contribution >= 4 is 5.91 Å². The van der Waals surface area contributed by atoms with Crippen molar-refractivity contribution in [2.45, 2.75) is 64.3 Å². The van der Waals surface area contributed by atoms with Crippen molar-refractivity contribution in [2.75, 3.05) is 19.6 Å². The van der Waals surface area contributed by atoms with Gasteiger partial charge in [0.15, 0.2) is 0 Å². The number of likely N-dealkylation sites (tertiary alicyclic amines) is 1. The van der Waals surface area contributed by atoms with Crippen LogP contribution in [0.3, 0.4) is 0 Å². The molecule has 0 aromatic heterocycles. The van der Waals surface area contributed by atoms with Crippen molar-refractivity contribution in [1.29, 1.82) is 0 Å². The molecule has 0 aromatic rings. The summed E-state index contributed by atoms with van der Waals surface area (Å²) in [6.07, 6.45) is 8.77. The van der Waals surface area contributed by atoms with E-state index in [0.29, 0.717) is 17.7 Å². The number of hydrogen-bond donors (Lipinski definition) is 1. The van der Waals surface area contributed by atoms with Crippen LogP contribution < -0.4 is 5.32 Å². The first-order valence-corrected chi connectivity index (χ1v) is 8.60. The smallest absolute Gasteiger partial charge is 0.223 e. The zero-order valence-corrected chi connectivity index (χ0v) is 13.2. The van der Waals surface area contributed by atoms with Crippen LogP contribution in [-0.2, 0) is 4.79 Å². The topological polar surface area (TPSA) is 32.3 Å². The lowest BCUT2D eigenvalue weighted by atomic mass is 9.84.